The van der Waals surface area contributed by atoms with Gasteiger partial charge in [0.2, 0.25) is 0 Å². The molecule has 0 amide bonds. The average Bonchev–Trinajstić information content (AvgIpc) is 3.40. The van der Waals surface area contributed by atoms with Crippen molar-refractivity contribution in [2.75, 3.05) is 7.11 Å². The number of ether oxygens (including phenoxy) is 1. The molecule has 4 heteroatoms. The molecule has 126 valence electrons. The van der Waals surface area contributed by atoms with Gasteiger partial charge in [0.05, 0.1) is 7.11 Å². The third-order valence-electron chi connectivity index (χ3n) is 5.18. The molecule has 2 aliphatic rings. The molecule has 3 nitrogen and oxygen atoms in total. The van der Waals surface area contributed by atoms with E-state index in [9.17, 15) is 0 Å². The van der Waals surface area contributed by atoms with Crippen molar-refractivity contribution in [2.24, 2.45) is 5.92 Å². The quantitative estimate of drug-likeness (QED) is 0.820. The van der Waals surface area contributed by atoms with E-state index < -0.39 is 0 Å². The van der Waals surface area contributed by atoms with Crippen LogP contribution in [-0.4, -0.2) is 29.2 Å². The Balaban J connectivity index is 1.62. The fourth-order valence-corrected chi connectivity index (χ4v) is 3.82. The van der Waals surface area contributed by atoms with Crippen LogP contribution in [0.25, 0.3) is 0 Å². The topological polar surface area (TPSA) is 24.5 Å². The van der Waals surface area contributed by atoms with Gasteiger partial charge in [-0.2, -0.15) is 0 Å². The van der Waals surface area contributed by atoms with E-state index in [0.29, 0.717) is 12.1 Å². The maximum Gasteiger partial charge on any atom is 0.169 e. The SMILES string of the molecule is COc1ccc(CN(C(=S)N[C@H]2CCCC[C@H]2C)C2CC2)cc1. The van der Waals surface area contributed by atoms with Crippen molar-refractivity contribution in [1.29, 1.82) is 0 Å². The van der Waals surface area contributed by atoms with E-state index in [1.165, 1.54) is 44.1 Å². The summed E-state index contributed by atoms with van der Waals surface area (Å²) >= 11 is 5.76. The smallest absolute Gasteiger partial charge is 0.169 e. The Morgan fingerprint density at radius 1 is 1.17 bits per heavy atom. The molecular formula is C19H28N2OS. The highest BCUT2D eigenvalue weighted by molar-refractivity contribution is 7.80. The van der Waals surface area contributed by atoms with Gasteiger partial charge < -0.3 is 15.0 Å². The Labute approximate surface area is 145 Å². The Morgan fingerprint density at radius 2 is 1.87 bits per heavy atom. The lowest BCUT2D eigenvalue weighted by Crippen LogP contribution is -2.48. The highest BCUT2D eigenvalue weighted by Crippen LogP contribution is 2.30. The van der Waals surface area contributed by atoms with Crippen LogP contribution in [0.3, 0.4) is 0 Å². The van der Waals surface area contributed by atoms with E-state index in [0.717, 1.165) is 23.3 Å². The van der Waals surface area contributed by atoms with Crippen molar-refractivity contribution in [3.8, 4) is 5.75 Å². The number of rotatable bonds is 5. The van der Waals surface area contributed by atoms with Crippen molar-refractivity contribution in [2.45, 2.75) is 64.1 Å². The van der Waals surface area contributed by atoms with Gasteiger partial charge in [0.15, 0.2) is 5.11 Å². The molecule has 0 spiro atoms. The van der Waals surface area contributed by atoms with E-state index in [1.54, 1.807) is 7.11 Å². The molecule has 1 aromatic rings. The van der Waals surface area contributed by atoms with E-state index in [-0.39, 0.29) is 0 Å². The maximum atomic E-state index is 5.76. The molecule has 0 heterocycles. The predicted octanol–water partition coefficient (Wildman–Crippen LogP) is 4.11. The molecule has 1 aromatic carbocycles. The number of nitrogens with zero attached hydrogens (tertiary/aromatic N) is 1. The average molecular weight is 333 g/mol. The maximum absolute atomic E-state index is 5.76. The number of methoxy groups -OCH3 is 1. The van der Waals surface area contributed by atoms with Gasteiger partial charge >= 0.3 is 0 Å². The minimum atomic E-state index is 0.549. The Morgan fingerprint density at radius 3 is 2.48 bits per heavy atom. The number of thiocarbonyl (C=S) groups is 1. The first-order chi connectivity index (χ1) is 11.2. The Bertz CT molecular complexity index is 527. The first-order valence-electron chi connectivity index (χ1n) is 8.87. The van der Waals surface area contributed by atoms with E-state index in [2.05, 4.69) is 29.3 Å². The van der Waals surface area contributed by atoms with Crippen molar-refractivity contribution in [3.63, 3.8) is 0 Å². The normalized spacial score (nSPS) is 24.1. The second kappa shape index (κ2) is 7.52. The summed E-state index contributed by atoms with van der Waals surface area (Å²) < 4.78 is 5.24. The first kappa shape index (κ1) is 16.6. The van der Waals surface area contributed by atoms with Crippen LogP contribution < -0.4 is 10.1 Å². The molecule has 0 aromatic heterocycles. The van der Waals surface area contributed by atoms with Gasteiger partial charge in [-0.3, -0.25) is 0 Å². The van der Waals surface area contributed by atoms with Crippen LogP contribution in [0, 0.1) is 5.92 Å². The summed E-state index contributed by atoms with van der Waals surface area (Å²) in [6, 6.07) is 9.50. The van der Waals surface area contributed by atoms with Gasteiger partial charge in [-0.05, 0) is 61.5 Å². The van der Waals surface area contributed by atoms with Crippen molar-refractivity contribution in [3.05, 3.63) is 29.8 Å². The Kier molecular flexibility index (Phi) is 5.42. The summed E-state index contributed by atoms with van der Waals surface area (Å²) in [6.45, 7) is 3.24. The van der Waals surface area contributed by atoms with Gasteiger partial charge in [-0.15, -0.1) is 0 Å². The van der Waals surface area contributed by atoms with E-state index in [1.807, 2.05) is 12.1 Å². The van der Waals surface area contributed by atoms with Gasteiger partial charge in [-0.1, -0.05) is 31.9 Å². The summed E-state index contributed by atoms with van der Waals surface area (Å²) in [6.07, 6.45) is 7.79. The molecule has 0 saturated heterocycles. The molecule has 0 unspecified atom stereocenters. The molecule has 0 bridgehead atoms. The highest BCUT2D eigenvalue weighted by atomic mass is 32.1. The number of hydrogen-bond donors (Lipinski definition) is 1. The number of hydrogen-bond acceptors (Lipinski definition) is 2. The third kappa shape index (κ3) is 4.37. The van der Waals surface area contributed by atoms with E-state index in [4.69, 9.17) is 17.0 Å². The molecule has 2 atom stereocenters. The largest absolute Gasteiger partial charge is 0.497 e. The van der Waals surface area contributed by atoms with Crippen LogP contribution >= 0.6 is 12.2 Å². The van der Waals surface area contributed by atoms with Crippen LogP contribution in [0.5, 0.6) is 5.75 Å². The highest BCUT2D eigenvalue weighted by Gasteiger charge is 2.32. The molecule has 3 rings (SSSR count). The van der Waals surface area contributed by atoms with Crippen LogP contribution in [-0.2, 0) is 6.54 Å². The monoisotopic (exact) mass is 332 g/mol. The zero-order valence-electron chi connectivity index (χ0n) is 14.3. The molecule has 1 N–H and O–H groups in total. The van der Waals surface area contributed by atoms with Gasteiger partial charge in [0.25, 0.3) is 0 Å². The van der Waals surface area contributed by atoms with Crippen LogP contribution in [0.15, 0.2) is 24.3 Å². The first-order valence-corrected chi connectivity index (χ1v) is 9.28. The fraction of sp³-hybridized carbons (Fsp3) is 0.632. The lowest BCUT2D eigenvalue weighted by molar-refractivity contribution is 0.294. The fourth-order valence-electron chi connectivity index (χ4n) is 3.45. The summed E-state index contributed by atoms with van der Waals surface area (Å²) in [5.41, 5.74) is 1.29. The summed E-state index contributed by atoms with van der Waals surface area (Å²) in [5, 5.41) is 4.61. The summed E-state index contributed by atoms with van der Waals surface area (Å²) in [7, 11) is 1.70. The standard InChI is InChI=1S/C19H28N2OS/c1-14-5-3-4-6-18(14)20-19(23)21(16-9-10-16)13-15-7-11-17(22-2)12-8-15/h7-8,11-12,14,16,18H,3-6,9-10,13H2,1-2H3,(H,20,23)/t14-,18+/m1/s1. The third-order valence-corrected chi connectivity index (χ3v) is 5.53. The summed E-state index contributed by atoms with van der Waals surface area (Å²) in [5.74, 6) is 1.63. The molecule has 2 aliphatic carbocycles. The van der Waals surface area contributed by atoms with Crippen molar-refractivity contribution in [1.82, 2.24) is 10.2 Å². The Hall–Kier alpha value is -1.29. The van der Waals surface area contributed by atoms with Crippen LogP contribution in [0.1, 0.15) is 51.0 Å². The molecule has 2 fully saturated rings. The number of nitrogens with one attached hydrogen (secondary N) is 1. The van der Waals surface area contributed by atoms with Crippen molar-refractivity contribution < 1.29 is 4.74 Å². The summed E-state index contributed by atoms with van der Waals surface area (Å²) in [4.78, 5) is 2.39. The molecular weight excluding hydrogens is 304 g/mol. The van der Waals surface area contributed by atoms with Crippen LogP contribution in [0.4, 0.5) is 0 Å². The zero-order chi connectivity index (χ0) is 16.2. The second-order valence-electron chi connectivity index (χ2n) is 7.02. The van der Waals surface area contributed by atoms with Gasteiger partial charge in [0.1, 0.15) is 5.75 Å². The molecule has 23 heavy (non-hydrogen) atoms. The van der Waals surface area contributed by atoms with Gasteiger partial charge in [0, 0.05) is 18.6 Å². The lowest BCUT2D eigenvalue weighted by atomic mass is 9.86. The zero-order valence-corrected chi connectivity index (χ0v) is 15.1. The molecule has 2 saturated carbocycles. The van der Waals surface area contributed by atoms with E-state index >= 15 is 0 Å². The minimum Gasteiger partial charge on any atom is -0.497 e. The van der Waals surface area contributed by atoms with Crippen molar-refractivity contribution >= 4 is 17.3 Å². The molecule has 0 aliphatic heterocycles. The predicted molar refractivity (Wildman–Crippen MR) is 98.7 cm³/mol. The second-order valence-corrected chi connectivity index (χ2v) is 7.41. The van der Waals surface area contributed by atoms with Crippen LogP contribution in [0.2, 0.25) is 0 Å². The minimum absolute atomic E-state index is 0.549. The van der Waals surface area contributed by atoms with Gasteiger partial charge in [-0.25, -0.2) is 0 Å². The number of benzene rings is 1. The lowest BCUT2D eigenvalue weighted by Gasteiger charge is -2.34. The molecule has 0 radical (unpaired) electrons.